The number of aryl methyl sites for hydroxylation is 3. The molecule has 1 aromatic carbocycles. The van der Waals surface area contributed by atoms with Crippen LogP contribution >= 0.6 is 11.3 Å². The summed E-state index contributed by atoms with van der Waals surface area (Å²) in [7, 11) is -2.00. The van der Waals surface area contributed by atoms with Gasteiger partial charge >= 0.3 is 0 Å². The van der Waals surface area contributed by atoms with E-state index in [-0.39, 0.29) is 11.4 Å². The monoisotopic (exact) mass is 326 g/mol. The van der Waals surface area contributed by atoms with Crippen LogP contribution in [0, 0.1) is 20.8 Å². The first-order valence-electron chi connectivity index (χ1n) is 6.39. The van der Waals surface area contributed by atoms with Gasteiger partial charge in [-0.05, 0) is 44.0 Å². The maximum absolute atomic E-state index is 12.4. The molecule has 2 rings (SSSR count). The first-order chi connectivity index (χ1) is 9.83. The largest absolute Gasteiger partial charge is 0.496 e. The average molecular weight is 326 g/mol. The summed E-state index contributed by atoms with van der Waals surface area (Å²) in [4.78, 5) is 4.52. The van der Waals surface area contributed by atoms with Crippen LogP contribution in [0.15, 0.2) is 22.4 Å². The van der Waals surface area contributed by atoms with Crippen LogP contribution in [-0.2, 0) is 16.6 Å². The summed E-state index contributed by atoms with van der Waals surface area (Å²) in [6.45, 7) is 5.65. The molecule has 0 amide bonds. The summed E-state index contributed by atoms with van der Waals surface area (Å²) in [6.07, 6.45) is 0. The number of benzene rings is 1. The van der Waals surface area contributed by atoms with Crippen LogP contribution in [0.1, 0.15) is 21.8 Å². The minimum absolute atomic E-state index is 0.192. The second-order valence-electron chi connectivity index (χ2n) is 4.77. The fourth-order valence-electron chi connectivity index (χ4n) is 2.01. The van der Waals surface area contributed by atoms with Crippen molar-refractivity contribution in [3.05, 3.63) is 39.3 Å². The average Bonchev–Trinajstić information content (AvgIpc) is 2.84. The molecule has 1 heterocycles. The number of rotatable bonds is 5. The summed E-state index contributed by atoms with van der Waals surface area (Å²) < 4.78 is 32.6. The topological polar surface area (TPSA) is 68.3 Å². The van der Waals surface area contributed by atoms with Gasteiger partial charge in [0.05, 0.1) is 29.3 Å². The van der Waals surface area contributed by atoms with Gasteiger partial charge in [-0.2, -0.15) is 0 Å². The molecule has 114 valence electrons. The lowest BCUT2D eigenvalue weighted by molar-refractivity contribution is 0.411. The smallest absolute Gasteiger partial charge is 0.241 e. The molecular weight excluding hydrogens is 308 g/mol. The Labute approximate surface area is 129 Å². The Morgan fingerprint density at radius 2 is 1.95 bits per heavy atom. The lowest BCUT2D eigenvalue weighted by atomic mass is 10.1. The van der Waals surface area contributed by atoms with E-state index in [2.05, 4.69) is 9.71 Å². The molecule has 0 spiro atoms. The number of aromatic nitrogens is 1. The van der Waals surface area contributed by atoms with Gasteiger partial charge in [0.2, 0.25) is 10.0 Å². The number of hydrogen-bond acceptors (Lipinski definition) is 5. The number of ether oxygens (including phenoxy) is 1. The van der Waals surface area contributed by atoms with E-state index in [4.69, 9.17) is 4.74 Å². The van der Waals surface area contributed by atoms with Gasteiger partial charge in [-0.25, -0.2) is 18.1 Å². The maximum atomic E-state index is 12.4. The quantitative estimate of drug-likeness (QED) is 0.917. The van der Waals surface area contributed by atoms with E-state index in [1.807, 2.05) is 19.2 Å². The van der Waals surface area contributed by atoms with Crippen LogP contribution in [0.4, 0.5) is 0 Å². The van der Waals surface area contributed by atoms with Crippen molar-refractivity contribution < 1.29 is 13.2 Å². The molecule has 0 saturated carbocycles. The van der Waals surface area contributed by atoms with E-state index in [0.717, 1.165) is 16.3 Å². The van der Waals surface area contributed by atoms with Crippen LogP contribution in [-0.4, -0.2) is 20.5 Å². The van der Waals surface area contributed by atoms with Gasteiger partial charge in [-0.3, -0.25) is 0 Å². The zero-order valence-corrected chi connectivity index (χ0v) is 14.1. The predicted octanol–water partition coefficient (Wildman–Crippen LogP) is 2.56. The highest BCUT2D eigenvalue weighted by Crippen LogP contribution is 2.25. The zero-order valence-electron chi connectivity index (χ0n) is 12.4. The second kappa shape index (κ2) is 6.13. The molecule has 2 aromatic rings. The Morgan fingerprint density at radius 3 is 2.52 bits per heavy atom. The van der Waals surface area contributed by atoms with E-state index in [0.29, 0.717) is 11.3 Å². The molecule has 1 aromatic heterocycles. The molecule has 0 bridgehead atoms. The van der Waals surface area contributed by atoms with Crippen LogP contribution < -0.4 is 9.46 Å². The van der Waals surface area contributed by atoms with Crippen LogP contribution in [0.2, 0.25) is 0 Å². The fraction of sp³-hybridized carbons (Fsp3) is 0.357. The van der Waals surface area contributed by atoms with Crippen molar-refractivity contribution >= 4 is 21.4 Å². The number of sulfonamides is 1. The standard InChI is InChI=1S/C14H18N2O3S2/c1-9-6-14(10(2)5-13(9)19-4)21(17,18)15-7-12-8-20-11(3)16-12/h5-6,8,15H,7H2,1-4H3. The lowest BCUT2D eigenvalue weighted by Gasteiger charge is -2.12. The molecule has 0 radical (unpaired) electrons. The van der Waals surface area contributed by atoms with Crippen molar-refractivity contribution in [3.8, 4) is 5.75 Å². The van der Waals surface area contributed by atoms with Crippen molar-refractivity contribution in [2.75, 3.05) is 7.11 Å². The molecule has 0 aliphatic rings. The summed E-state index contributed by atoms with van der Waals surface area (Å²) in [5.74, 6) is 0.682. The predicted molar refractivity (Wildman–Crippen MR) is 83.3 cm³/mol. The summed E-state index contributed by atoms with van der Waals surface area (Å²) in [5.41, 5.74) is 2.16. The van der Waals surface area contributed by atoms with Crippen LogP contribution in [0.5, 0.6) is 5.75 Å². The molecular formula is C14H18N2O3S2. The zero-order chi connectivity index (χ0) is 15.6. The summed E-state index contributed by atoms with van der Waals surface area (Å²) in [5, 5.41) is 2.77. The molecule has 5 nitrogen and oxygen atoms in total. The second-order valence-corrected chi connectivity index (χ2v) is 7.57. The fourth-order valence-corrected chi connectivity index (χ4v) is 3.93. The first kappa shape index (κ1) is 15.9. The normalized spacial score (nSPS) is 11.6. The maximum Gasteiger partial charge on any atom is 0.241 e. The van der Waals surface area contributed by atoms with Gasteiger partial charge in [0.1, 0.15) is 5.75 Å². The van der Waals surface area contributed by atoms with E-state index in [1.165, 1.54) is 11.3 Å². The van der Waals surface area contributed by atoms with E-state index >= 15 is 0 Å². The number of thiazole rings is 1. The third kappa shape index (κ3) is 3.61. The van der Waals surface area contributed by atoms with Gasteiger partial charge in [-0.15, -0.1) is 11.3 Å². The minimum atomic E-state index is -3.57. The van der Waals surface area contributed by atoms with Gasteiger partial charge in [0.15, 0.2) is 0 Å². The van der Waals surface area contributed by atoms with Crippen molar-refractivity contribution in [1.29, 1.82) is 0 Å². The number of methoxy groups -OCH3 is 1. The Kier molecular flexibility index (Phi) is 4.65. The van der Waals surface area contributed by atoms with Crippen molar-refractivity contribution in [2.45, 2.75) is 32.2 Å². The van der Waals surface area contributed by atoms with Crippen molar-refractivity contribution in [2.24, 2.45) is 0 Å². The number of nitrogens with one attached hydrogen (secondary N) is 1. The van der Waals surface area contributed by atoms with Crippen molar-refractivity contribution in [3.63, 3.8) is 0 Å². The third-order valence-corrected chi connectivity index (χ3v) is 5.46. The molecule has 21 heavy (non-hydrogen) atoms. The highest BCUT2D eigenvalue weighted by atomic mass is 32.2. The molecule has 0 unspecified atom stereocenters. The SMILES string of the molecule is COc1cc(C)c(S(=O)(=O)NCc2csc(C)n2)cc1C. The van der Waals surface area contributed by atoms with E-state index in [1.54, 1.807) is 26.2 Å². The van der Waals surface area contributed by atoms with Gasteiger partial charge < -0.3 is 4.74 Å². The van der Waals surface area contributed by atoms with E-state index in [9.17, 15) is 8.42 Å². The molecule has 0 aliphatic carbocycles. The molecule has 1 N–H and O–H groups in total. The van der Waals surface area contributed by atoms with E-state index < -0.39 is 10.0 Å². The molecule has 7 heteroatoms. The Morgan fingerprint density at radius 1 is 1.24 bits per heavy atom. The first-order valence-corrected chi connectivity index (χ1v) is 8.75. The number of nitrogens with zero attached hydrogens (tertiary/aromatic N) is 1. The summed E-state index contributed by atoms with van der Waals surface area (Å²) >= 11 is 1.50. The van der Waals surface area contributed by atoms with Gasteiger partial charge in [0, 0.05) is 5.38 Å². The molecule has 0 saturated heterocycles. The number of hydrogen-bond donors (Lipinski definition) is 1. The highest BCUT2D eigenvalue weighted by molar-refractivity contribution is 7.89. The van der Waals surface area contributed by atoms with Gasteiger partial charge in [0.25, 0.3) is 0 Å². The molecule has 0 atom stereocenters. The highest BCUT2D eigenvalue weighted by Gasteiger charge is 2.18. The Hall–Kier alpha value is -1.44. The van der Waals surface area contributed by atoms with Crippen LogP contribution in [0.25, 0.3) is 0 Å². The summed E-state index contributed by atoms with van der Waals surface area (Å²) in [6, 6.07) is 3.36. The Balaban J connectivity index is 2.25. The molecule has 0 fully saturated rings. The lowest BCUT2D eigenvalue weighted by Crippen LogP contribution is -2.24. The minimum Gasteiger partial charge on any atom is -0.496 e. The van der Waals surface area contributed by atoms with Crippen molar-refractivity contribution in [1.82, 2.24) is 9.71 Å². The van der Waals surface area contributed by atoms with Crippen LogP contribution in [0.3, 0.4) is 0 Å². The Bertz CT molecular complexity index is 752. The molecule has 0 aliphatic heterocycles. The third-order valence-electron chi connectivity index (χ3n) is 3.09. The van der Waals surface area contributed by atoms with Gasteiger partial charge in [-0.1, -0.05) is 0 Å².